The average Bonchev–Trinajstić information content (AvgIpc) is 2.41. The zero-order chi connectivity index (χ0) is 13.9. The van der Waals surface area contributed by atoms with Crippen LogP contribution in [0.2, 0.25) is 0 Å². The van der Waals surface area contributed by atoms with E-state index < -0.39 is 0 Å². The van der Waals surface area contributed by atoms with Gasteiger partial charge >= 0.3 is 0 Å². The topological polar surface area (TPSA) is 63.8 Å². The average molecular weight is 266 g/mol. The normalized spacial score (nSPS) is 27.3. The summed E-state index contributed by atoms with van der Waals surface area (Å²) in [5.41, 5.74) is 6.17. The smallest absolute Gasteiger partial charge is 0.186 e. The Hall–Kier alpha value is -1.23. The molecule has 1 aliphatic rings. The Morgan fingerprint density at radius 3 is 2.95 bits per heavy atom. The molecule has 106 valence electrons. The van der Waals surface area contributed by atoms with Crippen LogP contribution in [0, 0.1) is 11.7 Å². The molecule has 2 atom stereocenters. The van der Waals surface area contributed by atoms with Gasteiger partial charge in [-0.3, -0.25) is 0 Å². The highest BCUT2D eigenvalue weighted by Crippen LogP contribution is 2.34. The van der Waals surface area contributed by atoms with Gasteiger partial charge in [0.15, 0.2) is 11.6 Å². The summed E-state index contributed by atoms with van der Waals surface area (Å²) in [7, 11) is 0. The van der Waals surface area contributed by atoms with E-state index in [4.69, 9.17) is 5.73 Å². The number of nitrogens with zero attached hydrogens (tertiary/aromatic N) is 2. The highest BCUT2D eigenvalue weighted by Gasteiger charge is 2.34. The fourth-order valence-electron chi connectivity index (χ4n) is 3.00. The fraction of sp³-hybridized carbons (Fsp3) is 0.714. The van der Waals surface area contributed by atoms with Crippen molar-refractivity contribution >= 4 is 5.82 Å². The van der Waals surface area contributed by atoms with Gasteiger partial charge in [0.25, 0.3) is 0 Å². The highest BCUT2D eigenvalue weighted by atomic mass is 19.1. The molecule has 1 aromatic rings. The molecule has 19 heavy (non-hydrogen) atoms. The van der Waals surface area contributed by atoms with Gasteiger partial charge in [-0.25, -0.2) is 14.4 Å². The molecule has 0 spiro atoms. The van der Waals surface area contributed by atoms with Crippen molar-refractivity contribution in [2.45, 2.75) is 51.5 Å². The van der Waals surface area contributed by atoms with Crippen LogP contribution in [-0.2, 0) is 6.42 Å². The molecule has 2 unspecified atom stereocenters. The van der Waals surface area contributed by atoms with Gasteiger partial charge in [0.1, 0.15) is 6.33 Å². The quantitative estimate of drug-likeness (QED) is 0.879. The lowest BCUT2D eigenvalue weighted by Crippen LogP contribution is -2.49. The molecule has 4 nitrogen and oxygen atoms in total. The largest absolute Gasteiger partial charge is 0.361 e. The molecule has 0 aliphatic heterocycles. The van der Waals surface area contributed by atoms with Gasteiger partial charge in [-0.1, -0.05) is 26.7 Å². The maximum absolute atomic E-state index is 14.2. The summed E-state index contributed by atoms with van der Waals surface area (Å²) in [6, 6.07) is 0. The van der Waals surface area contributed by atoms with Crippen LogP contribution in [0.15, 0.2) is 6.33 Å². The van der Waals surface area contributed by atoms with Crippen molar-refractivity contribution < 1.29 is 4.39 Å². The molecule has 1 heterocycles. The number of hydrogen-bond acceptors (Lipinski definition) is 4. The second-order valence-electron chi connectivity index (χ2n) is 5.65. The van der Waals surface area contributed by atoms with Crippen LogP contribution in [0.25, 0.3) is 0 Å². The lowest BCUT2D eigenvalue weighted by molar-refractivity contribution is 0.262. The molecule has 0 bridgehead atoms. The summed E-state index contributed by atoms with van der Waals surface area (Å²) >= 11 is 0. The number of rotatable bonds is 4. The summed E-state index contributed by atoms with van der Waals surface area (Å²) in [4.78, 5) is 8.00. The number of aromatic nitrogens is 2. The Labute approximate surface area is 114 Å². The Balaban J connectivity index is 2.23. The predicted molar refractivity (Wildman–Crippen MR) is 74.4 cm³/mol. The number of nitrogens with two attached hydrogens (primary N) is 1. The van der Waals surface area contributed by atoms with Crippen molar-refractivity contribution in [2.75, 3.05) is 11.9 Å². The van der Waals surface area contributed by atoms with E-state index >= 15 is 0 Å². The summed E-state index contributed by atoms with van der Waals surface area (Å²) in [6.07, 6.45) is 6.26. The zero-order valence-electron chi connectivity index (χ0n) is 11.7. The Kier molecular flexibility index (Phi) is 4.34. The number of nitrogens with one attached hydrogen (secondary N) is 1. The first-order chi connectivity index (χ1) is 9.10. The van der Waals surface area contributed by atoms with Gasteiger partial charge in [0.2, 0.25) is 0 Å². The van der Waals surface area contributed by atoms with Crippen LogP contribution in [0.4, 0.5) is 10.2 Å². The molecule has 1 saturated carbocycles. The minimum Gasteiger partial charge on any atom is -0.361 e. The van der Waals surface area contributed by atoms with Gasteiger partial charge in [0, 0.05) is 6.54 Å². The monoisotopic (exact) mass is 266 g/mol. The first kappa shape index (κ1) is 14.2. The van der Waals surface area contributed by atoms with Crippen LogP contribution in [0.5, 0.6) is 0 Å². The molecule has 0 saturated heterocycles. The van der Waals surface area contributed by atoms with E-state index in [1.165, 1.54) is 12.7 Å². The SMILES string of the molecule is CCc1ncnc(NC2(CN)CCCC(C)C2)c1F. The predicted octanol–water partition coefficient (Wildman–Crippen LogP) is 2.50. The minimum absolute atomic E-state index is 0.224. The zero-order valence-corrected chi connectivity index (χ0v) is 11.7. The lowest BCUT2D eigenvalue weighted by Gasteiger charge is -2.40. The Bertz CT molecular complexity index is 437. The third kappa shape index (κ3) is 3.03. The lowest BCUT2D eigenvalue weighted by atomic mass is 9.76. The third-order valence-electron chi connectivity index (χ3n) is 4.06. The second-order valence-corrected chi connectivity index (χ2v) is 5.65. The molecular weight excluding hydrogens is 243 g/mol. The van der Waals surface area contributed by atoms with E-state index in [9.17, 15) is 4.39 Å². The van der Waals surface area contributed by atoms with Gasteiger partial charge in [-0.05, 0) is 25.2 Å². The van der Waals surface area contributed by atoms with Crippen molar-refractivity contribution in [1.29, 1.82) is 0 Å². The summed E-state index contributed by atoms with van der Waals surface area (Å²) < 4.78 is 14.2. The Morgan fingerprint density at radius 1 is 1.53 bits per heavy atom. The minimum atomic E-state index is -0.337. The maximum Gasteiger partial charge on any atom is 0.186 e. The van der Waals surface area contributed by atoms with E-state index in [1.54, 1.807) is 0 Å². The molecule has 2 rings (SSSR count). The van der Waals surface area contributed by atoms with Gasteiger partial charge in [0.05, 0.1) is 11.2 Å². The van der Waals surface area contributed by atoms with Crippen LogP contribution in [0.1, 0.15) is 45.2 Å². The van der Waals surface area contributed by atoms with Crippen LogP contribution in [0.3, 0.4) is 0 Å². The third-order valence-corrected chi connectivity index (χ3v) is 4.06. The summed E-state index contributed by atoms with van der Waals surface area (Å²) in [5, 5.41) is 3.27. The number of hydrogen-bond donors (Lipinski definition) is 2. The second kappa shape index (κ2) is 5.82. The first-order valence-electron chi connectivity index (χ1n) is 7.08. The van der Waals surface area contributed by atoms with Crippen molar-refractivity contribution in [2.24, 2.45) is 11.7 Å². The molecule has 1 fully saturated rings. The van der Waals surface area contributed by atoms with Gasteiger partial charge in [-0.2, -0.15) is 0 Å². The fourth-order valence-corrected chi connectivity index (χ4v) is 3.00. The molecule has 0 radical (unpaired) electrons. The molecule has 0 aromatic carbocycles. The van der Waals surface area contributed by atoms with Crippen LogP contribution in [-0.4, -0.2) is 22.1 Å². The van der Waals surface area contributed by atoms with Crippen molar-refractivity contribution in [3.05, 3.63) is 17.8 Å². The van der Waals surface area contributed by atoms with Crippen molar-refractivity contribution in [1.82, 2.24) is 9.97 Å². The number of halogens is 1. The van der Waals surface area contributed by atoms with Crippen molar-refractivity contribution in [3.63, 3.8) is 0 Å². The molecular formula is C14H23FN4. The highest BCUT2D eigenvalue weighted by molar-refractivity contribution is 5.41. The maximum atomic E-state index is 14.2. The van der Waals surface area contributed by atoms with E-state index in [2.05, 4.69) is 22.2 Å². The van der Waals surface area contributed by atoms with Crippen LogP contribution < -0.4 is 11.1 Å². The van der Waals surface area contributed by atoms with Gasteiger partial charge in [-0.15, -0.1) is 0 Å². The van der Waals surface area contributed by atoms with E-state index in [0.717, 1.165) is 19.3 Å². The van der Waals surface area contributed by atoms with Crippen molar-refractivity contribution in [3.8, 4) is 0 Å². The Morgan fingerprint density at radius 2 is 2.32 bits per heavy atom. The molecule has 3 N–H and O–H groups in total. The van der Waals surface area contributed by atoms with Crippen LogP contribution >= 0.6 is 0 Å². The molecule has 0 amide bonds. The van der Waals surface area contributed by atoms with E-state index in [0.29, 0.717) is 30.4 Å². The van der Waals surface area contributed by atoms with E-state index in [1.807, 2.05) is 6.92 Å². The van der Waals surface area contributed by atoms with Gasteiger partial charge < -0.3 is 11.1 Å². The molecule has 5 heteroatoms. The van der Waals surface area contributed by atoms with E-state index in [-0.39, 0.29) is 11.4 Å². The summed E-state index contributed by atoms with van der Waals surface area (Å²) in [6.45, 7) is 4.61. The molecule has 1 aromatic heterocycles. The number of aryl methyl sites for hydroxylation is 1. The first-order valence-corrected chi connectivity index (χ1v) is 7.08. The standard InChI is InChI=1S/C14H23FN4/c1-3-11-12(15)13(18-9-17-11)19-14(8-16)6-4-5-10(2)7-14/h9-10H,3-8,16H2,1-2H3,(H,17,18,19). The number of anilines is 1. The summed E-state index contributed by atoms with van der Waals surface area (Å²) in [5.74, 6) is 0.572. The molecule has 1 aliphatic carbocycles.